The lowest BCUT2D eigenvalue weighted by Crippen LogP contribution is -2.54. The van der Waals surface area contributed by atoms with Gasteiger partial charge in [0.2, 0.25) is 0 Å². The Morgan fingerprint density at radius 1 is 1.60 bits per heavy atom. The standard InChI is InChI=1S/C13H19N3O3S/c1-9-10(20-8-14-9)7-15(3)12(19)16-6-4-5-13(16,2)11(17)18/h8H,4-7H2,1-3H3,(H,17,18). The largest absolute Gasteiger partial charge is 0.480 e. The first-order valence-electron chi connectivity index (χ1n) is 6.51. The van der Waals surface area contributed by atoms with Gasteiger partial charge in [0.15, 0.2) is 0 Å². The molecule has 1 aliphatic heterocycles. The van der Waals surface area contributed by atoms with Crippen LogP contribution in [0.1, 0.15) is 30.3 Å². The number of urea groups is 1. The van der Waals surface area contributed by atoms with E-state index in [1.807, 2.05) is 6.92 Å². The summed E-state index contributed by atoms with van der Waals surface area (Å²) in [5.41, 5.74) is 1.57. The highest BCUT2D eigenvalue weighted by molar-refractivity contribution is 7.09. The molecule has 1 unspecified atom stereocenters. The summed E-state index contributed by atoms with van der Waals surface area (Å²) in [6.45, 7) is 4.47. The second-order valence-corrected chi connectivity index (χ2v) is 6.27. The van der Waals surface area contributed by atoms with Crippen LogP contribution in [0.5, 0.6) is 0 Å². The fourth-order valence-corrected chi connectivity index (χ4v) is 3.29. The van der Waals surface area contributed by atoms with Crippen LogP contribution in [0.3, 0.4) is 0 Å². The first-order valence-corrected chi connectivity index (χ1v) is 7.39. The quantitative estimate of drug-likeness (QED) is 0.925. The van der Waals surface area contributed by atoms with Crippen molar-refractivity contribution < 1.29 is 14.7 Å². The normalized spacial score (nSPS) is 22.1. The van der Waals surface area contributed by atoms with Gasteiger partial charge in [-0.25, -0.2) is 14.6 Å². The smallest absolute Gasteiger partial charge is 0.329 e. The molecule has 0 spiro atoms. The van der Waals surface area contributed by atoms with Crippen molar-refractivity contribution in [1.29, 1.82) is 0 Å². The van der Waals surface area contributed by atoms with Gasteiger partial charge in [0, 0.05) is 18.5 Å². The molecule has 20 heavy (non-hydrogen) atoms. The van der Waals surface area contributed by atoms with E-state index in [4.69, 9.17) is 0 Å². The first-order chi connectivity index (χ1) is 9.36. The second-order valence-electron chi connectivity index (χ2n) is 5.33. The van der Waals surface area contributed by atoms with Crippen molar-refractivity contribution in [3.63, 3.8) is 0 Å². The van der Waals surface area contributed by atoms with Crippen LogP contribution in [-0.2, 0) is 11.3 Å². The van der Waals surface area contributed by atoms with Crippen LogP contribution in [0, 0.1) is 6.92 Å². The number of hydrogen-bond acceptors (Lipinski definition) is 4. The minimum Gasteiger partial charge on any atom is -0.480 e. The number of carboxylic acids is 1. The third-order valence-corrected chi connectivity index (χ3v) is 4.80. The molecule has 1 aromatic rings. The van der Waals surface area contributed by atoms with Gasteiger partial charge in [0.1, 0.15) is 5.54 Å². The van der Waals surface area contributed by atoms with Gasteiger partial charge in [0.25, 0.3) is 0 Å². The van der Waals surface area contributed by atoms with E-state index in [1.54, 1.807) is 24.4 Å². The SMILES string of the molecule is Cc1ncsc1CN(C)C(=O)N1CCCC1(C)C(=O)O. The molecule has 110 valence electrons. The van der Waals surface area contributed by atoms with E-state index in [0.29, 0.717) is 19.5 Å². The molecule has 0 radical (unpaired) electrons. The van der Waals surface area contributed by atoms with Crippen LogP contribution >= 0.6 is 11.3 Å². The summed E-state index contributed by atoms with van der Waals surface area (Å²) in [5, 5.41) is 9.35. The minimum atomic E-state index is -1.09. The zero-order valence-electron chi connectivity index (χ0n) is 11.9. The molecular weight excluding hydrogens is 278 g/mol. The van der Waals surface area contributed by atoms with Gasteiger partial charge in [-0.15, -0.1) is 11.3 Å². The van der Waals surface area contributed by atoms with E-state index < -0.39 is 11.5 Å². The maximum absolute atomic E-state index is 12.5. The first kappa shape index (κ1) is 14.8. The number of aliphatic carboxylic acids is 1. The Hall–Kier alpha value is -1.63. The predicted octanol–water partition coefficient (Wildman–Crippen LogP) is 1.94. The van der Waals surface area contributed by atoms with Crippen molar-refractivity contribution in [2.45, 2.75) is 38.8 Å². The number of thiazole rings is 1. The number of carbonyl (C=O) groups excluding carboxylic acids is 1. The maximum atomic E-state index is 12.5. The van der Waals surface area contributed by atoms with Gasteiger partial charge in [0.05, 0.1) is 17.7 Å². The van der Waals surface area contributed by atoms with Gasteiger partial charge < -0.3 is 14.9 Å². The van der Waals surface area contributed by atoms with Crippen LogP contribution in [0.4, 0.5) is 4.79 Å². The summed E-state index contributed by atoms with van der Waals surface area (Å²) in [5.74, 6) is -0.939. The molecule has 6 nitrogen and oxygen atoms in total. The minimum absolute atomic E-state index is 0.236. The van der Waals surface area contributed by atoms with Gasteiger partial charge in [-0.1, -0.05) is 0 Å². The Morgan fingerprint density at radius 3 is 2.85 bits per heavy atom. The molecule has 2 heterocycles. The molecule has 1 saturated heterocycles. The number of amides is 2. The average molecular weight is 297 g/mol. The Balaban J connectivity index is 2.11. The number of hydrogen-bond donors (Lipinski definition) is 1. The molecule has 2 amide bonds. The van der Waals surface area contributed by atoms with E-state index in [1.165, 1.54) is 16.2 Å². The molecule has 1 aliphatic rings. The summed E-state index contributed by atoms with van der Waals surface area (Å²) < 4.78 is 0. The summed E-state index contributed by atoms with van der Waals surface area (Å²) >= 11 is 1.50. The van der Waals surface area contributed by atoms with Crippen molar-refractivity contribution in [1.82, 2.24) is 14.8 Å². The summed E-state index contributed by atoms with van der Waals surface area (Å²) in [6, 6.07) is -0.236. The second kappa shape index (κ2) is 5.40. The molecule has 0 aromatic carbocycles. The third-order valence-electron chi connectivity index (χ3n) is 3.88. The monoisotopic (exact) mass is 297 g/mol. The van der Waals surface area contributed by atoms with E-state index in [0.717, 1.165) is 17.0 Å². The zero-order chi connectivity index (χ0) is 14.9. The number of aromatic nitrogens is 1. The average Bonchev–Trinajstić information content (AvgIpc) is 2.96. The molecule has 1 N–H and O–H groups in total. The molecule has 1 fully saturated rings. The molecule has 0 aliphatic carbocycles. The predicted molar refractivity (Wildman–Crippen MR) is 75.7 cm³/mol. The van der Waals surface area contributed by atoms with Crippen molar-refractivity contribution in [2.75, 3.05) is 13.6 Å². The van der Waals surface area contributed by atoms with Gasteiger partial charge in [-0.3, -0.25) is 0 Å². The van der Waals surface area contributed by atoms with Crippen molar-refractivity contribution in [3.8, 4) is 0 Å². The summed E-state index contributed by atoms with van der Waals surface area (Å²) in [6.07, 6.45) is 1.23. The van der Waals surface area contributed by atoms with Gasteiger partial charge >= 0.3 is 12.0 Å². The number of carboxylic acid groups (broad SMARTS) is 1. The molecule has 7 heteroatoms. The Bertz CT molecular complexity index is 531. The molecular formula is C13H19N3O3S. The van der Waals surface area contributed by atoms with Crippen molar-refractivity contribution >= 4 is 23.3 Å². The summed E-state index contributed by atoms with van der Waals surface area (Å²) in [7, 11) is 1.70. The van der Waals surface area contributed by atoms with Crippen molar-refractivity contribution in [2.24, 2.45) is 0 Å². The van der Waals surface area contributed by atoms with Crippen LogP contribution < -0.4 is 0 Å². The fraction of sp³-hybridized carbons (Fsp3) is 0.615. The molecule has 1 aromatic heterocycles. The number of carbonyl (C=O) groups is 2. The zero-order valence-corrected chi connectivity index (χ0v) is 12.7. The lowest BCUT2D eigenvalue weighted by molar-refractivity contribution is -0.147. The van der Waals surface area contributed by atoms with E-state index in [9.17, 15) is 14.7 Å². The fourth-order valence-electron chi connectivity index (χ4n) is 2.46. The Kier molecular flexibility index (Phi) is 3.99. The molecule has 2 rings (SSSR count). The Labute approximate surface area is 122 Å². The maximum Gasteiger partial charge on any atom is 0.329 e. The van der Waals surface area contributed by atoms with E-state index in [-0.39, 0.29) is 6.03 Å². The van der Waals surface area contributed by atoms with Crippen molar-refractivity contribution in [3.05, 3.63) is 16.1 Å². The number of aryl methyl sites for hydroxylation is 1. The third kappa shape index (κ3) is 2.49. The highest BCUT2D eigenvalue weighted by Crippen LogP contribution is 2.30. The van der Waals surface area contributed by atoms with E-state index in [2.05, 4.69) is 4.98 Å². The topological polar surface area (TPSA) is 73.7 Å². The highest BCUT2D eigenvalue weighted by atomic mass is 32.1. The van der Waals surface area contributed by atoms with Crippen LogP contribution in [0.15, 0.2) is 5.51 Å². The molecule has 1 atom stereocenters. The number of rotatable bonds is 3. The molecule has 0 bridgehead atoms. The summed E-state index contributed by atoms with van der Waals surface area (Å²) in [4.78, 5) is 32.1. The highest BCUT2D eigenvalue weighted by Gasteiger charge is 2.46. The number of nitrogens with zero attached hydrogens (tertiary/aromatic N) is 3. The Morgan fingerprint density at radius 2 is 2.30 bits per heavy atom. The lowest BCUT2D eigenvalue weighted by atomic mass is 10.00. The molecule has 0 saturated carbocycles. The number of likely N-dealkylation sites (tertiary alicyclic amines) is 1. The van der Waals surface area contributed by atoms with E-state index >= 15 is 0 Å². The lowest BCUT2D eigenvalue weighted by Gasteiger charge is -2.34. The van der Waals surface area contributed by atoms with Gasteiger partial charge in [-0.05, 0) is 26.7 Å². The van der Waals surface area contributed by atoms with Gasteiger partial charge in [-0.2, -0.15) is 0 Å². The van der Waals surface area contributed by atoms with Crippen LogP contribution in [0.25, 0.3) is 0 Å². The van der Waals surface area contributed by atoms with Crippen LogP contribution in [-0.4, -0.2) is 51.0 Å². The van der Waals surface area contributed by atoms with Crippen LogP contribution in [0.2, 0.25) is 0 Å².